The van der Waals surface area contributed by atoms with E-state index >= 15 is 0 Å². The van der Waals surface area contributed by atoms with Crippen LogP contribution in [0.5, 0.6) is 0 Å². The van der Waals surface area contributed by atoms with Crippen LogP contribution in [-0.4, -0.2) is 45.1 Å². The van der Waals surface area contributed by atoms with Gasteiger partial charge in [-0.2, -0.15) is 11.8 Å². The zero-order valence-electron chi connectivity index (χ0n) is 11.0. The van der Waals surface area contributed by atoms with Gasteiger partial charge in [0.25, 0.3) is 0 Å². The smallest absolute Gasteiger partial charge is 0.342 e. The number of pyridine rings is 1. The molecule has 1 saturated heterocycles. The van der Waals surface area contributed by atoms with Crippen molar-refractivity contribution < 1.29 is 14.8 Å². The third kappa shape index (κ3) is 3.01. The number of carboxylic acids is 1. The molecule has 0 spiro atoms. The molecule has 0 bridgehead atoms. The summed E-state index contributed by atoms with van der Waals surface area (Å²) < 4.78 is 0. The minimum Gasteiger partial charge on any atom is -0.477 e. The molecule has 1 atom stereocenters. The highest BCUT2D eigenvalue weighted by molar-refractivity contribution is 8.00. The van der Waals surface area contributed by atoms with Crippen molar-refractivity contribution in [2.75, 3.05) is 23.7 Å². The van der Waals surface area contributed by atoms with Gasteiger partial charge in [0.15, 0.2) is 0 Å². The maximum Gasteiger partial charge on any atom is 0.342 e. The van der Waals surface area contributed by atoms with Crippen LogP contribution in [0.3, 0.4) is 0 Å². The Morgan fingerprint density at radius 2 is 2.45 bits per heavy atom. The van der Waals surface area contributed by atoms with E-state index in [1.807, 2.05) is 16.7 Å². The number of rotatable bonds is 4. The molecule has 1 fully saturated rings. The van der Waals surface area contributed by atoms with Crippen molar-refractivity contribution >= 4 is 29.2 Å². The highest BCUT2D eigenvalue weighted by Crippen LogP contribution is 2.27. The molecule has 0 saturated carbocycles. The Bertz CT molecular complexity index is 537. The maximum atomic E-state index is 11.1. The van der Waals surface area contributed by atoms with Gasteiger partial charge in [-0.1, -0.05) is 6.92 Å². The van der Waals surface area contributed by atoms with Gasteiger partial charge in [-0.05, 0) is 6.42 Å². The number of hydrogen-bond acceptors (Lipinski definition) is 6. The lowest BCUT2D eigenvalue weighted by Gasteiger charge is -2.32. The van der Waals surface area contributed by atoms with Crippen molar-refractivity contribution in [1.82, 2.24) is 4.98 Å². The first-order valence-corrected chi connectivity index (χ1v) is 7.32. The first-order valence-electron chi connectivity index (χ1n) is 6.27. The number of carbonyl (C=O) groups is 1. The third-order valence-electron chi connectivity index (χ3n) is 3.21. The van der Waals surface area contributed by atoms with Crippen LogP contribution in [0.15, 0.2) is 12.3 Å². The number of aromatic carboxylic acids is 1. The summed E-state index contributed by atoms with van der Waals surface area (Å²) in [6.07, 6.45) is 2.06. The Morgan fingerprint density at radius 1 is 1.70 bits per heavy atom. The highest BCUT2D eigenvalue weighted by atomic mass is 32.2. The molecule has 7 nitrogen and oxygen atoms in total. The monoisotopic (exact) mass is 297 g/mol. The summed E-state index contributed by atoms with van der Waals surface area (Å²) in [5.41, 5.74) is -0.786. The summed E-state index contributed by atoms with van der Waals surface area (Å²) >= 11 is 1.89. The van der Waals surface area contributed by atoms with E-state index in [0.717, 1.165) is 31.5 Å². The summed E-state index contributed by atoms with van der Waals surface area (Å²) in [6, 6.07) is 1.29. The van der Waals surface area contributed by atoms with Gasteiger partial charge in [-0.3, -0.25) is 10.1 Å². The first-order chi connectivity index (χ1) is 9.52. The number of nitrogens with zero attached hydrogens (tertiary/aromatic N) is 3. The SMILES string of the molecule is CCC1CN(c2cc(C(=O)O)c([N+](=O)[O-])cn2)CCS1. The maximum absolute atomic E-state index is 11.1. The van der Waals surface area contributed by atoms with Crippen LogP contribution in [0.2, 0.25) is 0 Å². The van der Waals surface area contributed by atoms with Gasteiger partial charge in [-0.25, -0.2) is 9.78 Å². The van der Waals surface area contributed by atoms with Crippen molar-refractivity contribution in [2.45, 2.75) is 18.6 Å². The van der Waals surface area contributed by atoms with Crippen molar-refractivity contribution in [3.8, 4) is 0 Å². The van der Waals surface area contributed by atoms with Crippen LogP contribution in [0.1, 0.15) is 23.7 Å². The molecule has 1 aromatic rings. The fraction of sp³-hybridized carbons (Fsp3) is 0.500. The highest BCUT2D eigenvalue weighted by Gasteiger charge is 2.25. The lowest BCUT2D eigenvalue weighted by molar-refractivity contribution is -0.385. The van der Waals surface area contributed by atoms with Gasteiger partial charge in [0, 0.05) is 30.2 Å². The van der Waals surface area contributed by atoms with E-state index in [1.165, 1.54) is 6.07 Å². The second-order valence-corrected chi connectivity index (χ2v) is 5.88. The van der Waals surface area contributed by atoms with Gasteiger partial charge >= 0.3 is 11.7 Å². The molecule has 1 aliphatic rings. The molecule has 0 amide bonds. The molecule has 8 heteroatoms. The average Bonchev–Trinajstić information content (AvgIpc) is 2.46. The first kappa shape index (κ1) is 14.6. The van der Waals surface area contributed by atoms with Gasteiger partial charge in [-0.15, -0.1) is 0 Å². The molecule has 0 aromatic carbocycles. The predicted molar refractivity (Wildman–Crippen MR) is 76.6 cm³/mol. The van der Waals surface area contributed by atoms with Crippen LogP contribution in [0.25, 0.3) is 0 Å². The minimum atomic E-state index is -1.31. The molecule has 108 valence electrons. The van der Waals surface area contributed by atoms with E-state index in [0.29, 0.717) is 11.1 Å². The molecule has 0 radical (unpaired) electrons. The third-order valence-corrected chi connectivity index (χ3v) is 4.59. The number of thioether (sulfide) groups is 1. The Labute approximate surface area is 120 Å². The Balaban J connectivity index is 2.31. The molecular weight excluding hydrogens is 282 g/mol. The van der Waals surface area contributed by atoms with Crippen molar-refractivity contribution in [3.05, 3.63) is 27.9 Å². The van der Waals surface area contributed by atoms with Gasteiger partial charge in [0.2, 0.25) is 0 Å². The van der Waals surface area contributed by atoms with Crippen LogP contribution >= 0.6 is 11.8 Å². The van der Waals surface area contributed by atoms with E-state index in [-0.39, 0.29) is 5.56 Å². The van der Waals surface area contributed by atoms with E-state index in [2.05, 4.69) is 11.9 Å². The van der Waals surface area contributed by atoms with E-state index < -0.39 is 16.6 Å². The fourth-order valence-corrected chi connectivity index (χ4v) is 3.28. The second-order valence-electron chi connectivity index (χ2n) is 4.47. The largest absolute Gasteiger partial charge is 0.477 e. The summed E-state index contributed by atoms with van der Waals surface area (Å²) in [5, 5.41) is 20.4. The van der Waals surface area contributed by atoms with Gasteiger partial charge in [0.05, 0.1) is 4.92 Å². The van der Waals surface area contributed by atoms with Crippen LogP contribution in [-0.2, 0) is 0 Å². The number of carboxylic acid groups (broad SMARTS) is 1. The molecular formula is C12H15N3O4S. The number of anilines is 1. The molecule has 1 unspecified atom stereocenters. The van der Waals surface area contributed by atoms with Crippen LogP contribution < -0.4 is 4.90 Å². The second kappa shape index (κ2) is 6.08. The van der Waals surface area contributed by atoms with E-state index in [9.17, 15) is 14.9 Å². The number of aromatic nitrogens is 1. The number of nitro groups is 1. The molecule has 2 rings (SSSR count). The van der Waals surface area contributed by atoms with Crippen molar-refractivity contribution in [2.24, 2.45) is 0 Å². The van der Waals surface area contributed by atoms with E-state index in [1.54, 1.807) is 0 Å². The molecule has 1 aliphatic heterocycles. The topological polar surface area (TPSA) is 96.6 Å². The quantitative estimate of drug-likeness (QED) is 0.670. The zero-order valence-corrected chi connectivity index (χ0v) is 11.8. The van der Waals surface area contributed by atoms with Gasteiger partial charge < -0.3 is 10.0 Å². The normalized spacial score (nSPS) is 18.9. The lowest BCUT2D eigenvalue weighted by atomic mass is 10.2. The Morgan fingerprint density at radius 3 is 3.05 bits per heavy atom. The Hall–Kier alpha value is -1.83. The average molecular weight is 297 g/mol. The summed E-state index contributed by atoms with van der Waals surface area (Å²) in [5.74, 6) is 0.130. The predicted octanol–water partition coefficient (Wildman–Crippen LogP) is 2.02. The molecule has 20 heavy (non-hydrogen) atoms. The van der Waals surface area contributed by atoms with E-state index in [4.69, 9.17) is 5.11 Å². The summed E-state index contributed by atoms with van der Waals surface area (Å²) in [7, 11) is 0. The molecule has 0 aliphatic carbocycles. The Kier molecular flexibility index (Phi) is 4.43. The van der Waals surface area contributed by atoms with Crippen molar-refractivity contribution in [1.29, 1.82) is 0 Å². The summed E-state index contributed by atoms with van der Waals surface area (Å²) in [6.45, 7) is 3.66. The number of hydrogen-bond donors (Lipinski definition) is 1. The van der Waals surface area contributed by atoms with Crippen molar-refractivity contribution in [3.63, 3.8) is 0 Å². The standard InChI is InChI=1S/C12H15N3O4S/c1-2-8-7-14(3-4-20-8)11-5-9(12(16)17)10(6-13-11)15(18)19/h5-6,8H,2-4,7H2,1H3,(H,16,17). The zero-order chi connectivity index (χ0) is 14.7. The fourth-order valence-electron chi connectivity index (χ4n) is 2.10. The van der Waals surface area contributed by atoms with Gasteiger partial charge in [0.1, 0.15) is 17.6 Å². The molecule has 1 N–H and O–H groups in total. The minimum absolute atomic E-state index is 0.314. The lowest BCUT2D eigenvalue weighted by Crippen LogP contribution is -2.38. The van der Waals surface area contributed by atoms with Crippen LogP contribution in [0.4, 0.5) is 11.5 Å². The summed E-state index contributed by atoms with van der Waals surface area (Å²) in [4.78, 5) is 27.2. The van der Waals surface area contributed by atoms with Crippen LogP contribution in [0, 0.1) is 10.1 Å². The molecule has 1 aromatic heterocycles. The molecule has 2 heterocycles.